The Morgan fingerprint density at radius 3 is 2.65 bits per heavy atom. The van der Waals surface area contributed by atoms with Gasteiger partial charge in [-0.3, -0.25) is 4.79 Å². The molecule has 0 radical (unpaired) electrons. The Hall–Kier alpha value is -0.970. The highest BCUT2D eigenvalue weighted by Gasteiger charge is 2.30. The van der Waals surface area contributed by atoms with Crippen LogP contribution in [0.2, 0.25) is 10.0 Å². The van der Waals surface area contributed by atoms with Crippen LogP contribution in [-0.4, -0.2) is 35.1 Å². The van der Waals surface area contributed by atoms with Crippen LogP contribution in [0.1, 0.15) is 36.0 Å². The Kier molecular flexibility index (Phi) is 5.13. The number of carbonyl (C=O) groups is 1. The Morgan fingerprint density at radius 1 is 1.40 bits per heavy atom. The van der Waals surface area contributed by atoms with E-state index in [1.807, 2.05) is 0 Å². The first-order valence-electron chi connectivity index (χ1n) is 6.71. The number of nitrogens with two attached hydrogens (primary N) is 1. The van der Waals surface area contributed by atoms with Gasteiger partial charge < -0.3 is 15.7 Å². The predicted molar refractivity (Wildman–Crippen MR) is 81.3 cm³/mol. The lowest BCUT2D eigenvalue weighted by atomic mass is 9.90. The number of aliphatic hydroxyl groups is 1. The molecule has 110 valence electrons. The lowest BCUT2D eigenvalue weighted by Crippen LogP contribution is -2.45. The van der Waals surface area contributed by atoms with Crippen LogP contribution in [0, 0.1) is 0 Å². The van der Waals surface area contributed by atoms with Crippen LogP contribution in [0.25, 0.3) is 0 Å². The van der Waals surface area contributed by atoms with E-state index >= 15 is 0 Å². The summed E-state index contributed by atoms with van der Waals surface area (Å²) >= 11 is 12.1. The summed E-state index contributed by atoms with van der Waals surface area (Å²) in [6, 6.07) is 3.31. The smallest absolute Gasteiger partial charge is 0.255 e. The number of halogens is 2. The highest BCUT2D eigenvalue weighted by molar-refractivity contribution is 6.44. The third kappa shape index (κ3) is 3.19. The summed E-state index contributed by atoms with van der Waals surface area (Å²) in [5.41, 5.74) is 6.49. The van der Waals surface area contributed by atoms with E-state index in [0.717, 1.165) is 19.3 Å². The van der Waals surface area contributed by atoms with Crippen molar-refractivity contribution in [3.05, 3.63) is 27.7 Å². The summed E-state index contributed by atoms with van der Waals surface area (Å²) < 4.78 is 0. The van der Waals surface area contributed by atoms with Crippen LogP contribution in [0.4, 0.5) is 5.69 Å². The van der Waals surface area contributed by atoms with Crippen molar-refractivity contribution in [3.8, 4) is 0 Å². The fraction of sp³-hybridized carbons (Fsp3) is 0.500. The van der Waals surface area contributed by atoms with Gasteiger partial charge in [-0.2, -0.15) is 0 Å². The Morgan fingerprint density at radius 2 is 2.10 bits per heavy atom. The lowest BCUT2D eigenvalue weighted by molar-refractivity contribution is 0.0563. The van der Waals surface area contributed by atoms with Crippen molar-refractivity contribution in [2.45, 2.75) is 31.7 Å². The molecule has 1 aliphatic carbocycles. The van der Waals surface area contributed by atoms with Gasteiger partial charge in [-0.25, -0.2) is 0 Å². The van der Waals surface area contributed by atoms with Crippen LogP contribution in [-0.2, 0) is 0 Å². The molecule has 1 saturated carbocycles. The first-order chi connectivity index (χ1) is 9.54. The van der Waals surface area contributed by atoms with E-state index < -0.39 is 0 Å². The maximum atomic E-state index is 12.7. The highest BCUT2D eigenvalue weighted by Crippen LogP contribution is 2.32. The molecule has 1 aromatic carbocycles. The molecule has 0 spiro atoms. The highest BCUT2D eigenvalue weighted by atomic mass is 35.5. The number of carbonyl (C=O) groups excluding carboxylic acids is 1. The van der Waals surface area contributed by atoms with Crippen LogP contribution in [0.15, 0.2) is 12.1 Å². The standard InChI is InChI=1S/C14H18Cl2N2O2/c15-12-8-9(17)7-11(13(12)16)14(20)18(5-2-6-19)10-3-1-4-10/h7-8,10,19H,1-6,17H2. The van der Waals surface area contributed by atoms with E-state index in [1.165, 1.54) is 6.07 Å². The van der Waals surface area contributed by atoms with Gasteiger partial charge in [0.25, 0.3) is 5.91 Å². The van der Waals surface area contributed by atoms with E-state index in [0.29, 0.717) is 24.2 Å². The Bertz CT molecular complexity index is 504. The van der Waals surface area contributed by atoms with Crippen LogP contribution in [0.5, 0.6) is 0 Å². The second-order valence-electron chi connectivity index (χ2n) is 5.02. The third-order valence-electron chi connectivity index (χ3n) is 3.61. The van der Waals surface area contributed by atoms with Crippen LogP contribution >= 0.6 is 23.2 Å². The van der Waals surface area contributed by atoms with Gasteiger partial charge in [0.1, 0.15) is 0 Å². The molecule has 0 atom stereocenters. The average molecular weight is 317 g/mol. The number of nitrogens with zero attached hydrogens (tertiary/aromatic N) is 1. The molecule has 3 N–H and O–H groups in total. The monoisotopic (exact) mass is 316 g/mol. The van der Waals surface area contributed by atoms with Gasteiger partial charge in [0.05, 0.1) is 15.6 Å². The minimum atomic E-state index is -0.164. The minimum Gasteiger partial charge on any atom is -0.399 e. The van der Waals surface area contributed by atoms with Crippen molar-refractivity contribution in [1.29, 1.82) is 0 Å². The Balaban J connectivity index is 2.26. The molecular formula is C14H18Cl2N2O2. The fourth-order valence-electron chi connectivity index (χ4n) is 2.31. The van der Waals surface area contributed by atoms with Gasteiger partial charge >= 0.3 is 0 Å². The van der Waals surface area contributed by atoms with E-state index in [-0.39, 0.29) is 28.6 Å². The van der Waals surface area contributed by atoms with E-state index in [2.05, 4.69) is 0 Å². The summed E-state index contributed by atoms with van der Waals surface area (Å²) in [6.45, 7) is 0.574. The molecule has 20 heavy (non-hydrogen) atoms. The fourth-order valence-corrected chi connectivity index (χ4v) is 2.73. The summed E-state index contributed by atoms with van der Waals surface area (Å²) in [4.78, 5) is 14.4. The molecule has 1 fully saturated rings. The van der Waals surface area contributed by atoms with Crippen molar-refractivity contribution in [2.24, 2.45) is 0 Å². The summed E-state index contributed by atoms with van der Waals surface area (Å²) in [5.74, 6) is -0.164. The van der Waals surface area contributed by atoms with Crippen molar-refractivity contribution >= 4 is 34.8 Å². The zero-order valence-electron chi connectivity index (χ0n) is 11.1. The van der Waals surface area contributed by atoms with Gasteiger partial charge in [-0.1, -0.05) is 23.2 Å². The third-order valence-corrected chi connectivity index (χ3v) is 4.42. The topological polar surface area (TPSA) is 66.6 Å². The number of nitrogen functional groups attached to an aromatic ring is 1. The van der Waals surface area contributed by atoms with Crippen LogP contribution in [0.3, 0.4) is 0 Å². The number of hydrogen-bond donors (Lipinski definition) is 2. The Labute approximate surface area is 128 Å². The maximum Gasteiger partial charge on any atom is 0.255 e. The summed E-state index contributed by atoms with van der Waals surface area (Å²) in [5, 5.41) is 9.50. The summed E-state index contributed by atoms with van der Waals surface area (Å²) in [6.07, 6.45) is 3.66. The molecule has 0 aliphatic heterocycles. The molecule has 1 amide bonds. The predicted octanol–water partition coefficient (Wildman–Crippen LogP) is 2.95. The largest absolute Gasteiger partial charge is 0.399 e. The van der Waals surface area contributed by atoms with Gasteiger partial charge in [-0.05, 0) is 37.8 Å². The second-order valence-corrected chi connectivity index (χ2v) is 5.81. The minimum absolute atomic E-state index is 0.0575. The second kappa shape index (κ2) is 6.66. The molecule has 0 unspecified atom stereocenters. The molecular weight excluding hydrogens is 299 g/mol. The van der Waals surface area contributed by atoms with Crippen molar-refractivity contribution in [2.75, 3.05) is 18.9 Å². The number of hydrogen-bond acceptors (Lipinski definition) is 3. The molecule has 1 aliphatic rings. The molecule has 6 heteroatoms. The average Bonchev–Trinajstić information content (AvgIpc) is 2.35. The first kappa shape index (κ1) is 15.4. The van der Waals surface area contributed by atoms with E-state index in [1.54, 1.807) is 11.0 Å². The zero-order valence-corrected chi connectivity index (χ0v) is 12.6. The number of rotatable bonds is 5. The van der Waals surface area contributed by atoms with Gasteiger partial charge in [0, 0.05) is 24.9 Å². The first-order valence-corrected chi connectivity index (χ1v) is 7.46. The molecule has 1 aromatic rings. The van der Waals surface area contributed by atoms with E-state index in [9.17, 15) is 4.79 Å². The number of amides is 1. The maximum absolute atomic E-state index is 12.7. The lowest BCUT2D eigenvalue weighted by Gasteiger charge is -2.37. The summed E-state index contributed by atoms with van der Waals surface area (Å²) in [7, 11) is 0. The van der Waals surface area contributed by atoms with Gasteiger partial charge in [0.15, 0.2) is 0 Å². The number of benzene rings is 1. The SMILES string of the molecule is Nc1cc(Cl)c(Cl)c(C(=O)N(CCCO)C2CCC2)c1. The molecule has 0 aromatic heterocycles. The molecule has 0 heterocycles. The molecule has 0 bridgehead atoms. The van der Waals surface area contributed by atoms with Gasteiger partial charge in [0.2, 0.25) is 0 Å². The quantitative estimate of drug-likeness (QED) is 0.821. The van der Waals surface area contributed by atoms with Crippen molar-refractivity contribution in [3.63, 3.8) is 0 Å². The number of aliphatic hydroxyl groups excluding tert-OH is 1. The molecule has 0 saturated heterocycles. The molecule has 2 rings (SSSR count). The van der Waals surface area contributed by atoms with Crippen LogP contribution < -0.4 is 5.73 Å². The zero-order chi connectivity index (χ0) is 14.7. The van der Waals surface area contributed by atoms with E-state index in [4.69, 9.17) is 34.0 Å². The van der Waals surface area contributed by atoms with Gasteiger partial charge in [-0.15, -0.1) is 0 Å². The van der Waals surface area contributed by atoms with Crippen molar-refractivity contribution < 1.29 is 9.90 Å². The van der Waals surface area contributed by atoms with Crippen molar-refractivity contribution in [1.82, 2.24) is 4.90 Å². The molecule has 4 nitrogen and oxygen atoms in total. The number of anilines is 1. The normalized spacial score (nSPS) is 14.9.